The van der Waals surface area contributed by atoms with E-state index in [2.05, 4.69) is 22.0 Å². The monoisotopic (exact) mass is 295 g/mol. The molecule has 2 aliphatic heterocycles. The molecule has 2 fully saturated rings. The molecular weight excluding hydrogens is 266 g/mol. The summed E-state index contributed by atoms with van der Waals surface area (Å²) in [7, 11) is 1.69. The number of hydrogen-bond acceptors (Lipinski definition) is 3. The molecular formula is C16H29N3O2. The first-order valence-electron chi connectivity index (χ1n) is 8.29. The molecule has 2 rings (SSSR count). The number of hydrogen-bond donors (Lipinski definition) is 1. The Morgan fingerprint density at radius 1 is 1.14 bits per heavy atom. The molecule has 1 N–H and O–H groups in total. The highest BCUT2D eigenvalue weighted by atomic mass is 16.2. The molecule has 120 valence electrons. The molecule has 2 aliphatic rings. The first-order chi connectivity index (χ1) is 10.1. The van der Waals surface area contributed by atoms with E-state index in [4.69, 9.17) is 0 Å². The van der Waals surface area contributed by atoms with Crippen molar-refractivity contribution in [3.63, 3.8) is 0 Å². The van der Waals surface area contributed by atoms with Crippen LogP contribution in [-0.4, -0.2) is 61.4 Å². The van der Waals surface area contributed by atoms with Crippen molar-refractivity contribution in [3.8, 4) is 0 Å². The molecule has 0 aliphatic carbocycles. The van der Waals surface area contributed by atoms with Crippen LogP contribution in [0.5, 0.6) is 0 Å². The number of carbonyl (C=O) groups excluding carboxylic acids is 2. The van der Waals surface area contributed by atoms with Crippen LogP contribution in [0.25, 0.3) is 0 Å². The van der Waals surface area contributed by atoms with Gasteiger partial charge in [0.15, 0.2) is 0 Å². The molecule has 0 aromatic heterocycles. The number of likely N-dealkylation sites (tertiary alicyclic amines) is 2. The van der Waals surface area contributed by atoms with Crippen LogP contribution < -0.4 is 5.32 Å². The molecule has 5 heteroatoms. The number of piperidine rings is 2. The Morgan fingerprint density at radius 3 is 2.48 bits per heavy atom. The molecule has 0 bridgehead atoms. The van der Waals surface area contributed by atoms with Crippen molar-refractivity contribution in [1.82, 2.24) is 15.1 Å². The van der Waals surface area contributed by atoms with Crippen LogP contribution in [0.4, 0.5) is 0 Å². The number of nitrogens with one attached hydrogen (secondary N) is 1. The van der Waals surface area contributed by atoms with Crippen molar-refractivity contribution in [2.45, 2.75) is 45.4 Å². The van der Waals surface area contributed by atoms with Crippen molar-refractivity contribution < 1.29 is 9.59 Å². The van der Waals surface area contributed by atoms with Crippen LogP contribution in [0.2, 0.25) is 0 Å². The molecule has 2 heterocycles. The van der Waals surface area contributed by atoms with Crippen molar-refractivity contribution in [3.05, 3.63) is 0 Å². The standard InChI is InChI=1S/C16H29N3O2/c1-3-5-15(21)19-9-4-6-16(13-19)7-10-18(11-8-16)12-14(20)17-2/h3-13H2,1-2H3,(H,17,20). The Morgan fingerprint density at radius 2 is 1.86 bits per heavy atom. The molecule has 2 amide bonds. The molecule has 0 aromatic rings. The lowest BCUT2D eigenvalue weighted by Gasteiger charge is -2.47. The maximum atomic E-state index is 12.1. The van der Waals surface area contributed by atoms with E-state index in [0.717, 1.165) is 51.9 Å². The lowest BCUT2D eigenvalue weighted by Crippen LogP contribution is -2.52. The van der Waals surface area contributed by atoms with Gasteiger partial charge in [0.05, 0.1) is 6.54 Å². The van der Waals surface area contributed by atoms with Gasteiger partial charge in [-0.2, -0.15) is 0 Å². The maximum Gasteiger partial charge on any atom is 0.233 e. The third-order valence-corrected chi connectivity index (χ3v) is 5.04. The van der Waals surface area contributed by atoms with Gasteiger partial charge in [0.25, 0.3) is 0 Å². The molecule has 5 nitrogen and oxygen atoms in total. The van der Waals surface area contributed by atoms with Crippen LogP contribution in [0.3, 0.4) is 0 Å². The number of nitrogens with zero attached hydrogens (tertiary/aromatic N) is 2. The van der Waals surface area contributed by atoms with E-state index in [1.54, 1.807) is 7.05 Å². The van der Waals surface area contributed by atoms with E-state index in [0.29, 0.717) is 24.3 Å². The van der Waals surface area contributed by atoms with Crippen LogP contribution >= 0.6 is 0 Å². The first kappa shape index (κ1) is 16.3. The summed E-state index contributed by atoms with van der Waals surface area (Å²) in [5.74, 6) is 0.415. The van der Waals surface area contributed by atoms with Crippen LogP contribution in [-0.2, 0) is 9.59 Å². The molecule has 0 saturated carbocycles. The van der Waals surface area contributed by atoms with Gasteiger partial charge in [-0.3, -0.25) is 14.5 Å². The lowest BCUT2D eigenvalue weighted by atomic mass is 9.72. The summed E-state index contributed by atoms with van der Waals surface area (Å²) < 4.78 is 0. The third-order valence-electron chi connectivity index (χ3n) is 5.04. The zero-order valence-electron chi connectivity index (χ0n) is 13.5. The van der Waals surface area contributed by atoms with Gasteiger partial charge in [-0.15, -0.1) is 0 Å². The van der Waals surface area contributed by atoms with Gasteiger partial charge in [-0.1, -0.05) is 6.92 Å². The zero-order valence-corrected chi connectivity index (χ0v) is 13.5. The van der Waals surface area contributed by atoms with Crippen molar-refractivity contribution in [2.24, 2.45) is 5.41 Å². The van der Waals surface area contributed by atoms with Gasteiger partial charge in [-0.05, 0) is 50.6 Å². The minimum absolute atomic E-state index is 0.0920. The lowest BCUT2D eigenvalue weighted by molar-refractivity contribution is -0.135. The highest BCUT2D eigenvalue weighted by Gasteiger charge is 2.39. The van der Waals surface area contributed by atoms with Gasteiger partial charge >= 0.3 is 0 Å². The van der Waals surface area contributed by atoms with E-state index in [9.17, 15) is 9.59 Å². The van der Waals surface area contributed by atoms with E-state index in [1.807, 2.05) is 0 Å². The average Bonchev–Trinajstić information content (AvgIpc) is 2.50. The summed E-state index contributed by atoms with van der Waals surface area (Å²) in [6.07, 6.45) is 6.20. The number of carbonyl (C=O) groups is 2. The summed E-state index contributed by atoms with van der Waals surface area (Å²) in [6.45, 7) is 6.38. The predicted molar refractivity (Wildman–Crippen MR) is 82.9 cm³/mol. The second kappa shape index (κ2) is 7.25. The summed E-state index contributed by atoms with van der Waals surface area (Å²) in [6, 6.07) is 0. The summed E-state index contributed by atoms with van der Waals surface area (Å²) in [5, 5.41) is 2.69. The highest BCUT2D eigenvalue weighted by molar-refractivity contribution is 5.77. The normalized spacial score (nSPS) is 22.3. The first-order valence-corrected chi connectivity index (χ1v) is 8.29. The Labute approximate surface area is 128 Å². The number of rotatable bonds is 4. The predicted octanol–water partition coefficient (Wildman–Crippen LogP) is 1.24. The van der Waals surface area contributed by atoms with Crippen LogP contribution in [0, 0.1) is 5.41 Å². The van der Waals surface area contributed by atoms with Crippen LogP contribution in [0.1, 0.15) is 45.4 Å². The van der Waals surface area contributed by atoms with Gasteiger partial charge in [-0.25, -0.2) is 0 Å². The van der Waals surface area contributed by atoms with Crippen molar-refractivity contribution in [2.75, 3.05) is 39.8 Å². The van der Waals surface area contributed by atoms with E-state index >= 15 is 0 Å². The molecule has 0 radical (unpaired) electrons. The maximum absolute atomic E-state index is 12.1. The van der Waals surface area contributed by atoms with E-state index in [-0.39, 0.29) is 5.91 Å². The fraction of sp³-hybridized carbons (Fsp3) is 0.875. The zero-order chi connectivity index (χ0) is 15.3. The fourth-order valence-electron chi connectivity index (χ4n) is 3.67. The van der Waals surface area contributed by atoms with Gasteiger partial charge in [0.2, 0.25) is 11.8 Å². The second-order valence-electron chi connectivity index (χ2n) is 6.62. The Hall–Kier alpha value is -1.10. The largest absolute Gasteiger partial charge is 0.358 e. The SMILES string of the molecule is CCCC(=O)N1CCCC2(CCN(CC(=O)NC)CC2)C1. The van der Waals surface area contributed by atoms with Gasteiger partial charge < -0.3 is 10.2 Å². The van der Waals surface area contributed by atoms with Crippen LogP contribution in [0.15, 0.2) is 0 Å². The number of amides is 2. The second-order valence-corrected chi connectivity index (χ2v) is 6.62. The smallest absolute Gasteiger partial charge is 0.233 e. The van der Waals surface area contributed by atoms with E-state index in [1.165, 1.54) is 6.42 Å². The molecule has 0 unspecified atom stereocenters. The average molecular weight is 295 g/mol. The van der Waals surface area contributed by atoms with Gasteiger partial charge in [0, 0.05) is 26.6 Å². The minimum atomic E-state index is 0.0920. The quantitative estimate of drug-likeness (QED) is 0.849. The number of likely N-dealkylation sites (N-methyl/N-ethyl adjacent to an activating group) is 1. The Bertz CT molecular complexity index is 376. The van der Waals surface area contributed by atoms with Gasteiger partial charge in [0.1, 0.15) is 0 Å². The summed E-state index contributed by atoms with van der Waals surface area (Å²) in [4.78, 5) is 27.9. The third kappa shape index (κ3) is 4.19. The van der Waals surface area contributed by atoms with Crippen molar-refractivity contribution >= 4 is 11.8 Å². The Kier molecular flexibility index (Phi) is 5.62. The summed E-state index contributed by atoms with van der Waals surface area (Å²) in [5.41, 5.74) is 0.306. The topological polar surface area (TPSA) is 52.7 Å². The molecule has 21 heavy (non-hydrogen) atoms. The fourth-order valence-corrected chi connectivity index (χ4v) is 3.67. The molecule has 2 saturated heterocycles. The Balaban J connectivity index is 1.86. The van der Waals surface area contributed by atoms with E-state index < -0.39 is 0 Å². The molecule has 1 spiro atoms. The van der Waals surface area contributed by atoms with Crippen molar-refractivity contribution in [1.29, 1.82) is 0 Å². The highest BCUT2D eigenvalue weighted by Crippen LogP contribution is 2.39. The molecule has 0 aromatic carbocycles. The minimum Gasteiger partial charge on any atom is -0.358 e. The molecule has 0 atom stereocenters. The summed E-state index contributed by atoms with van der Waals surface area (Å²) >= 11 is 0.